The molecule has 31 heavy (non-hydrogen) atoms. The Morgan fingerprint density at radius 3 is 2.61 bits per heavy atom. The van der Waals surface area contributed by atoms with E-state index in [9.17, 15) is 0 Å². The van der Waals surface area contributed by atoms with Gasteiger partial charge in [-0.1, -0.05) is 18.2 Å². The third kappa shape index (κ3) is 3.40. The fourth-order valence-corrected chi connectivity index (χ4v) is 3.73. The molecule has 0 N–H and O–H groups in total. The van der Waals surface area contributed by atoms with E-state index in [4.69, 9.17) is 0 Å². The summed E-state index contributed by atoms with van der Waals surface area (Å²) in [5, 5.41) is 8.43. The van der Waals surface area contributed by atoms with Crippen molar-refractivity contribution in [1.29, 1.82) is 0 Å². The van der Waals surface area contributed by atoms with E-state index in [0.29, 0.717) is 5.92 Å². The molecule has 1 fully saturated rings. The third-order valence-electron chi connectivity index (χ3n) is 5.55. The first kappa shape index (κ1) is 17.7. The fourth-order valence-electron chi connectivity index (χ4n) is 3.73. The lowest BCUT2D eigenvalue weighted by Gasteiger charge is -2.06. The average molecular weight is 406 g/mol. The number of nitrogens with zero attached hydrogens (tertiary/aromatic N) is 7. The number of hydrogen-bond donors (Lipinski definition) is 0. The Kier molecular flexibility index (Phi) is 4.16. The molecule has 7 heteroatoms. The highest BCUT2D eigenvalue weighted by atomic mass is 15.3. The maximum atomic E-state index is 4.54. The molecule has 6 rings (SSSR count). The van der Waals surface area contributed by atoms with Gasteiger partial charge in [0.2, 0.25) is 5.69 Å². The molecule has 0 atom stereocenters. The van der Waals surface area contributed by atoms with E-state index in [1.807, 2.05) is 41.2 Å². The third-order valence-corrected chi connectivity index (χ3v) is 5.55. The maximum Gasteiger partial charge on any atom is 0.211 e. The van der Waals surface area contributed by atoms with Crippen LogP contribution in [0.2, 0.25) is 0 Å². The van der Waals surface area contributed by atoms with Gasteiger partial charge in [-0.2, -0.15) is 4.57 Å². The smallest absolute Gasteiger partial charge is 0.211 e. The van der Waals surface area contributed by atoms with Crippen molar-refractivity contribution in [3.8, 4) is 28.6 Å². The van der Waals surface area contributed by atoms with E-state index < -0.39 is 0 Å². The van der Waals surface area contributed by atoms with Gasteiger partial charge in [0.25, 0.3) is 0 Å². The standard InChI is InChI=1S/C24H20N7/c1-2-11-25-23(6-1)31-17-27-28-24(31)19-4-3-5-21(14-19)29-12-9-20(10-13-29)30-15-22(26-16-30)18-7-8-18/h1-6,9-18H,7-8H2/q+1. The molecule has 0 spiro atoms. The molecule has 4 aromatic heterocycles. The number of hydrogen-bond acceptors (Lipinski definition) is 4. The molecule has 0 bridgehead atoms. The van der Waals surface area contributed by atoms with Crippen LogP contribution in [0.4, 0.5) is 0 Å². The van der Waals surface area contributed by atoms with Crippen molar-refractivity contribution in [3.05, 3.63) is 97.7 Å². The zero-order chi connectivity index (χ0) is 20.6. The van der Waals surface area contributed by atoms with Gasteiger partial charge in [0, 0.05) is 48.1 Å². The topological polar surface area (TPSA) is 65.3 Å². The molecule has 1 aliphatic carbocycles. The molecule has 150 valence electrons. The molecule has 0 amide bonds. The summed E-state index contributed by atoms with van der Waals surface area (Å²) in [6, 6.07) is 18.2. The van der Waals surface area contributed by atoms with E-state index in [1.54, 1.807) is 12.5 Å². The van der Waals surface area contributed by atoms with Crippen LogP contribution < -0.4 is 4.57 Å². The summed E-state index contributed by atoms with van der Waals surface area (Å²) in [5.41, 5.74) is 4.31. The summed E-state index contributed by atoms with van der Waals surface area (Å²) in [5.74, 6) is 2.20. The van der Waals surface area contributed by atoms with Gasteiger partial charge >= 0.3 is 0 Å². The summed E-state index contributed by atoms with van der Waals surface area (Å²) in [7, 11) is 0. The lowest BCUT2D eigenvalue weighted by Crippen LogP contribution is -2.29. The Morgan fingerprint density at radius 1 is 0.903 bits per heavy atom. The van der Waals surface area contributed by atoms with Crippen molar-refractivity contribution in [2.45, 2.75) is 18.8 Å². The fraction of sp³-hybridized carbons (Fsp3) is 0.125. The van der Waals surface area contributed by atoms with Gasteiger partial charge in [-0.05, 0) is 25.0 Å². The minimum atomic E-state index is 0.658. The Hall–Kier alpha value is -4.13. The van der Waals surface area contributed by atoms with Crippen molar-refractivity contribution in [3.63, 3.8) is 0 Å². The summed E-state index contributed by atoms with van der Waals surface area (Å²) < 4.78 is 6.07. The van der Waals surface area contributed by atoms with Crippen LogP contribution in [0.25, 0.3) is 28.6 Å². The Labute approximate surface area is 179 Å². The van der Waals surface area contributed by atoms with E-state index in [1.165, 1.54) is 18.5 Å². The summed E-state index contributed by atoms with van der Waals surface area (Å²) in [6.07, 6.45) is 14.1. The minimum absolute atomic E-state index is 0.658. The molecule has 5 aromatic rings. The monoisotopic (exact) mass is 406 g/mol. The van der Waals surface area contributed by atoms with Gasteiger partial charge < -0.3 is 4.57 Å². The summed E-state index contributed by atoms with van der Waals surface area (Å²) >= 11 is 0. The quantitative estimate of drug-likeness (QED) is 0.418. The molecule has 0 saturated heterocycles. The first-order valence-electron chi connectivity index (χ1n) is 10.3. The molecule has 1 aliphatic rings. The van der Waals surface area contributed by atoms with Crippen LogP contribution in [-0.4, -0.2) is 29.3 Å². The van der Waals surface area contributed by atoms with Crippen molar-refractivity contribution in [2.24, 2.45) is 0 Å². The van der Waals surface area contributed by atoms with Crippen LogP contribution in [0.1, 0.15) is 24.5 Å². The van der Waals surface area contributed by atoms with E-state index in [-0.39, 0.29) is 0 Å². The normalized spacial score (nSPS) is 13.4. The molecular weight excluding hydrogens is 386 g/mol. The van der Waals surface area contributed by atoms with Gasteiger partial charge in [0.05, 0.1) is 17.7 Å². The highest BCUT2D eigenvalue weighted by Crippen LogP contribution is 2.39. The Bertz CT molecular complexity index is 1330. The zero-order valence-corrected chi connectivity index (χ0v) is 16.8. The second-order valence-electron chi connectivity index (χ2n) is 7.71. The first-order valence-corrected chi connectivity index (χ1v) is 10.3. The van der Waals surface area contributed by atoms with Crippen molar-refractivity contribution >= 4 is 0 Å². The minimum Gasteiger partial charge on any atom is -0.306 e. The van der Waals surface area contributed by atoms with Crippen LogP contribution >= 0.6 is 0 Å². The predicted octanol–water partition coefficient (Wildman–Crippen LogP) is 3.67. The molecule has 4 heterocycles. The number of aromatic nitrogens is 7. The molecule has 1 saturated carbocycles. The average Bonchev–Trinajstić information content (AvgIpc) is 3.35. The van der Waals surface area contributed by atoms with Crippen molar-refractivity contribution in [2.75, 3.05) is 0 Å². The number of imidazole rings is 1. The van der Waals surface area contributed by atoms with Crippen LogP contribution in [-0.2, 0) is 0 Å². The Morgan fingerprint density at radius 2 is 1.81 bits per heavy atom. The molecule has 7 nitrogen and oxygen atoms in total. The van der Waals surface area contributed by atoms with Crippen LogP contribution in [0.15, 0.2) is 92.0 Å². The lowest BCUT2D eigenvalue weighted by molar-refractivity contribution is -0.595. The van der Waals surface area contributed by atoms with Gasteiger partial charge in [-0.25, -0.2) is 9.97 Å². The maximum absolute atomic E-state index is 4.54. The second kappa shape index (κ2) is 7.28. The van der Waals surface area contributed by atoms with Gasteiger partial charge in [-0.3, -0.25) is 4.57 Å². The highest BCUT2D eigenvalue weighted by molar-refractivity contribution is 5.59. The van der Waals surface area contributed by atoms with Crippen molar-refractivity contribution in [1.82, 2.24) is 29.3 Å². The van der Waals surface area contributed by atoms with E-state index in [0.717, 1.165) is 28.6 Å². The largest absolute Gasteiger partial charge is 0.306 e. The summed E-state index contributed by atoms with van der Waals surface area (Å²) in [6.45, 7) is 0. The number of rotatable bonds is 5. The first-order chi connectivity index (χ1) is 15.3. The number of pyridine rings is 2. The summed E-state index contributed by atoms with van der Waals surface area (Å²) in [4.78, 5) is 8.96. The lowest BCUT2D eigenvalue weighted by atomic mass is 10.2. The molecule has 0 aliphatic heterocycles. The molecule has 1 aromatic carbocycles. The Balaban J connectivity index is 1.31. The predicted molar refractivity (Wildman–Crippen MR) is 115 cm³/mol. The molecular formula is C24H20N7+. The van der Waals surface area contributed by atoms with E-state index >= 15 is 0 Å². The van der Waals surface area contributed by atoms with Gasteiger partial charge in [-0.15, -0.1) is 10.2 Å². The van der Waals surface area contributed by atoms with Crippen molar-refractivity contribution < 1.29 is 4.57 Å². The van der Waals surface area contributed by atoms with Crippen LogP contribution in [0.5, 0.6) is 0 Å². The van der Waals surface area contributed by atoms with Gasteiger partial charge in [0.1, 0.15) is 12.1 Å². The molecule has 0 unspecified atom stereocenters. The molecule has 0 radical (unpaired) electrons. The second-order valence-corrected chi connectivity index (χ2v) is 7.71. The van der Waals surface area contributed by atoms with Crippen LogP contribution in [0.3, 0.4) is 0 Å². The highest BCUT2D eigenvalue weighted by Gasteiger charge is 2.25. The van der Waals surface area contributed by atoms with E-state index in [2.05, 4.69) is 72.2 Å². The number of benzene rings is 1. The van der Waals surface area contributed by atoms with Gasteiger partial charge in [0.15, 0.2) is 18.2 Å². The zero-order valence-electron chi connectivity index (χ0n) is 16.8. The SMILES string of the molecule is c1ccc(-n2cnnc2-c2cccc(-[n+]3ccc(-n4cnc(C5CC5)c4)cc3)c2)nc1. The van der Waals surface area contributed by atoms with Crippen LogP contribution in [0, 0.1) is 0 Å².